The van der Waals surface area contributed by atoms with Crippen LogP contribution in [-0.4, -0.2) is 5.78 Å². The van der Waals surface area contributed by atoms with Crippen LogP contribution in [0, 0.1) is 5.41 Å². The molecule has 0 saturated heterocycles. The maximum Gasteiger partial charge on any atom is 0.165 e. The maximum absolute atomic E-state index is 12.3. The molecule has 2 N–H and O–H groups in total. The monoisotopic (exact) mass is 254 g/mol. The number of carbonyl (C=O) groups is 1. The minimum absolute atomic E-state index is 0.0443. The van der Waals surface area contributed by atoms with Crippen molar-refractivity contribution >= 4 is 11.5 Å². The van der Waals surface area contributed by atoms with Gasteiger partial charge in [-0.1, -0.05) is 44.2 Å². The van der Waals surface area contributed by atoms with Gasteiger partial charge in [-0.05, 0) is 23.5 Å². The number of nitrogens with one attached hydrogen (secondary N) is 2. The summed E-state index contributed by atoms with van der Waals surface area (Å²) in [4.78, 5) is 12.3. The predicted molar refractivity (Wildman–Crippen MR) is 75.7 cm³/mol. The largest absolute Gasteiger partial charge is 0.304 e. The van der Waals surface area contributed by atoms with E-state index in [2.05, 4.69) is 24.7 Å². The number of Topliss-reactive ketones (excluding diaryl/α,β-unsaturated/α-hetero) is 1. The Labute approximate surface area is 113 Å². The SMILES string of the molecule is CC1(C)CC(=O)C2=C(C1)NNC(c1ccccc1)=C2. The lowest BCUT2D eigenvalue weighted by Crippen LogP contribution is -2.40. The lowest BCUT2D eigenvalue weighted by atomic mass is 9.75. The molecular formula is C16H18N2O. The van der Waals surface area contributed by atoms with Crippen LogP contribution in [0.15, 0.2) is 47.7 Å². The van der Waals surface area contributed by atoms with Crippen LogP contribution in [0.4, 0.5) is 0 Å². The molecule has 19 heavy (non-hydrogen) atoms. The number of rotatable bonds is 1. The fourth-order valence-corrected chi connectivity index (χ4v) is 2.71. The fourth-order valence-electron chi connectivity index (χ4n) is 2.71. The molecule has 1 aromatic rings. The number of allylic oxidation sites excluding steroid dienone is 3. The van der Waals surface area contributed by atoms with E-state index in [-0.39, 0.29) is 11.2 Å². The van der Waals surface area contributed by atoms with E-state index < -0.39 is 0 Å². The highest BCUT2D eigenvalue weighted by Crippen LogP contribution is 2.37. The summed E-state index contributed by atoms with van der Waals surface area (Å²) in [5.41, 5.74) is 10.3. The smallest absolute Gasteiger partial charge is 0.165 e. The van der Waals surface area contributed by atoms with Gasteiger partial charge in [0.05, 0.1) is 5.70 Å². The van der Waals surface area contributed by atoms with Gasteiger partial charge in [-0.15, -0.1) is 0 Å². The van der Waals surface area contributed by atoms with Gasteiger partial charge >= 0.3 is 0 Å². The zero-order valence-corrected chi connectivity index (χ0v) is 11.3. The molecule has 3 rings (SSSR count). The van der Waals surface area contributed by atoms with Gasteiger partial charge < -0.3 is 10.9 Å². The molecule has 1 heterocycles. The van der Waals surface area contributed by atoms with Crippen LogP contribution < -0.4 is 10.9 Å². The normalized spacial score (nSPS) is 21.2. The quantitative estimate of drug-likeness (QED) is 0.809. The number of carbonyl (C=O) groups excluding carboxylic acids is 1. The third-order valence-corrected chi connectivity index (χ3v) is 3.64. The van der Waals surface area contributed by atoms with Crippen LogP contribution in [0.5, 0.6) is 0 Å². The molecule has 3 nitrogen and oxygen atoms in total. The average Bonchev–Trinajstić information content (AvgIpc) is 2.38. The van der Waals surface area contributed by atoms with Crippen molar-refractivity contribution in [2.24, 2.45) is 5.41 Å². The number of hydrogen-bond acceptors (Lipinski definition) is 3. The van der Waals surface area contributed by atoms with Gasteiger partial charge in [0.1, 0.15) is 0 Å². The van der Waals surface area contributed by atoms with Crippen molar-refractivity contribution in [2.75, 3.05) is 0 Å². The van der Waals surface area contributed by atoms with E-state index in [1.165, 1.54) is 0 Å². The van der Waals surface area contributed by atoms with Crippen LogP contribution in [0.25, 0.3) is 5.70 Å². The lowest BCUT2D eigenvalue weighted by Gasteiger charge is -2.34. The first kappa shape index (κ1) is 12.0. The molecule has 0 atom stereocenters. The van der Waals surface area contributed by atoms with E-state index in [0.717, 1.165) is 29.0 Å². The van der Waals surface area contributed by atoms with Crippen LogP contribution in [-0.2, 0) is 4.79 Å². The molecule has 0 radical (unpaired) electrons. The Hall–Kier alpha value is -2.03. The average molecular weight is 254 g/mol. The highest BCUT2D eigenvalue weighted by molar-refractivity contribution is 6.02. The minimum atomic E-state index is 0.0443. The third kappa shape index (κ3) is 2.28. The topological polar surface area (TPSA) is 41.1 Å². The Morgan fingerprint density at radius 2 is 1.79 bits per heavy atom. The summed E-state index contributed by atoms with van der Waals surface area (Å²) in [5.74, 6) is 0.230. The lowest BCUT2D eigenvalue weighted by molar-refractivity contribution is -0.117. The van der Waals surface area contributed by atoms with Crippen molar-refractivity contribution in [3.63, 3.8) is 0 Å². The summed E-state index contributed by atoms with van der Waals surface area (Å²) in [6, 6.07) is 10.0. The molecule has 0 saturated carbocycles. The van der Waals surface area contributed by atoms with Crippen molar-refractivity contribution in [3.8, 4) is 0 Å². The first-order valence-corrected chi connectivity index (χ1v) is 6.61. The molecule has 0 unspecified atom stereocenters. The van der Waals surface area contributed by atoms with Crippen LogP contribution in [0.2, 0.25) is 0 Å². The molecule has 0 aromatic heterocycles. The Morgan fingerprint density at radius 3 is 2.53 bits per heavy atom. The molecule has 0 bridgehead atoms. The van der Waals surface area contributed by atoms with Gasteiger partial charge in [-0.25, -0.2) is 0 Å². The zero-order chi connectivity index (χ0) is 13.5. The van der Waals surface area contributed by atoms with Crippen LogP contribution >= 0.6 is 0 Å². The standard InChI is InChI=1S/C16H18N2O/c1-16(2)9-14-12(15(19)10-16)8-13(17-18-14)11-6-4-3-5-7-11/h3-8,17-18H,9-10H2,1-2H3. The van der Waals surface area contributed by atoms with E-state index in [1.54, 1.807) is 0 Å². The van der Waals surface area contributed by atoms with Crippen molar-refractivity contribution in [1.29, 1.82) is 0 Å². The third-order valence-electron chi connectivity index (χ3n) is 3.64. The first-order chi connectivity index (χ1) is 9.05. The summed E-state index contributed by atoms with van der Waals surface area (Å²) in [7, 11) is 0. The Bertz CT molecular complexity index is 582. The number of benzene rings is 1. The Balaban J connectivity index is 1.98. The zero-order valence-electron chi connectivity index (χ0n) is 11.3. The van der Waals surface area contributed by atoms with Gasteiger partial charge in [-0.3, -0.25) is 4.79 Å². The van der Waals surface area contributed by atoms with Crippen LogP contribution in [0.3, 0.4) is 0 Å². The molecule has 0 fully saturated rings. The van der Waals surface area contributed by atoms with Crippen molar-refractivity contribution in [1.82, 2.24) is 10.9 Å². The molecule has 1 aliphatic carbocycles. The number of hydrazine groups is 1. The number of hydrogen-bond donors (Lipinski definition) is 2. The van der Waals surface area contributed by atoms with E-state index >= 15 is 0 Å². The maximum atomic E-state index is 12.3. The van der Waals surface area contributed by atoms with Gasteiger partial charge in [0.2, 0.25) is 0 Å². The Kier molecular flexibility index (Phi) is 2.70. The molecular weight excluding hydrogens is 236 g/mol. The van der Waals surface area contributed by atoms with Crippen molar-refractivity contribution < 1.29 is 4.79 Å². The van der Waals surface area contributed by atoms with Gasteiger partial charge in [0.15, 0.2) is 5.78 Å². The minimum Gasteiger partial charge on any atom is -0.304 e. The van der Waals surface area contributed by atoms with Gasteiger partial charge in [-0.2, -0.15) is 0 Å². The van der Waals surface area contributed by atoms with Crippen molar-refractivity contribution in [3.05, 3.63) is 53.2 Å². The summed E-state index contributed by atoms with van der Waals surface area (Å²) < 4.78 is 0. The van der Waals surface area contributed by atoms with Crippen molar-refractivity contribution in [2.45, 2.75) is 26.7 Å². The second kappa shape index (κ2) is 4.26. The molecule has 98 valence electrons. The molecule has 0 spiro atoms. The van der Waals surface area contributed by atoms with E-state index in [0.29, 0.717) is 6.42 Å². The van der Waals surface area contributed by atoms with E-state index in [4.69, 9.17) is 0 Å². The summed E-state index contributed by atoms with van der Waals surface area (Å²) in [5, 5.41) is 0. The summed E-state index contributed by atoms with van der Waals surface area (Å²) >= 11 is 0. The molecule has 0 amide bonds. The first-order valence-electron chi connectivity index (χ1n) is 6.61. The fraction of sp³-hybridized carbons (Fsp3) is 0.312. The molecule has 1 aromatic carbocycles. The number of ketones is 1. The van der Waals surface area contributed by atoms with Gasteiger partial charge in [0.25, 0.3) is 0 Å². The highest BCUT2D eigenvalue weighted by atomic mass is 16.1. The second-order valence-electron chi connectivity index (χ2n) is 6.01. The highest BCUT2D eigenvalue weighted by Gasteiger charge is 2.33. The summed E-state index contributed by atoms with van der Waals surface area (Å²) in [6.45, 7) is 4.26. The molecule has 3 heteroatoms. The summed E-state index contributed by atoms with van der Waals surface area (Å²) in [6.07, 6.45) is 3.49. The molecule has 2 aliphatic rings. The van der Waals surface area contributed by atoms with E-state index in [9.17, 15) is 4.79 Å². The second-order valence-corrected chi connectivity index (χ2v) is 6.01. The van der Waals surface area contributed by atoms with E-state index in [1.807, 2.05) is 36.4 Å². The van der Waals surface area contributed by atoms with Crippen LogP contribution in [0.1, 0.15) is 32.3 Å². The Morgan fingerprint density at radius 1 is 1.05 bits per heavy atom. The van der Waals surface area contributed by atoms with Gasteiger partial charge in [0, 0.05) is 17.7 Å². The molecule has 1 aliphatic heterocycles. The predicted octanol–water partition coefficient (Wildman–Crippen LogP) is 2.78.